The zero-order chi connectivity index (χ0) is 19.1. The second-order valence-electron chi connectivity index (χ2n) is 7.70. The summed E-state index contributed by atoms with van der Waals surface area (Å²) in [5.41, 5.74) is 0. The van der Waals surface area contributed by atoms with Crippen LogP contribution in [-0.2, 0) is 9.59 Å². The van der Waals surface area contributed by atoms with Gasteiger partial charge in [0.2, 0.25) is 11.8 Å². The highest BCUT2D eigenvalue weighted by Crippen LogP contribution is 2.17. The van der Waals surface area contributed by atoms with Crippen molar-refractivity contribution in [3.05, 3.63) is 0 Å². The highest BCUT2D eigenvalue weighted by molar-refractivity contribution is 5.99. The Kier molecular flexibility index (Phi) is 14.6. The minimum Gasteiger partial charge on any atom is -0.348 e. The van der Waals surface area contributed by atoms with Crippen LogP contribution in [0.2, 0.25) is 0 Å². The Hall–Kier alpha value is -1.06. The summed E-state index contributed by atoms with van der Waals surface area (Å²) in [6, 6.07) is 0. The van der Waals surface area contributed by atoms with E-state index < -0.39 is 5.92 Å². The van der Waals surface area contributed by atoms with Gasteiger partial charge in [0.1, 0.15) is 5.92 Å². The van der Waals surface area contributed by atoms with Crippen molar-refractivity contribution in [1.29, 1.82) is 0 Å². The van der Waals surface area contributed by atoms with Gasteiger partial charge in [-0.25, -0.2) is 0 Å². The maximum atomic E-state index is 12.2. The lowest BCUT2D eigenvalue weighted by atomic mass is 9.97. The van der Waals surface area contributed by atoms with Gasteiger partial charge in [-0.15, -0.1) is 0 Å². The molecule has 4 nitrogen and oxygen atoms in total. The van der Waals surface area contributed by atoms with Gasteiger partial charge in [0.15, 0.2) is 0 Å². The predicted molar refractivity (Wildman–Crippen MR) is 107 cm³/mol. The summed E-state index contributed by atoms with van der Waals surface area (Å²) < 4.78 is 0. The van der Waals surface area contributed by atoms with E-state index in [2.05, 4.69) is 6.92 Å². The summed E-state index contributed by atoms with van der Waals surface area (Å²) in [4.78, 5) is 27.5. The Balaban J connectivity index is 3.75. The molecule has 0 aromatic rings. The van der Waals surface area contributed by atoms with Crippen molar-refractivity contribution >= 4 is 11.8 Å². The van der Waals surface area contributed by atoms with Crippen LogP contribution in [0.25, 0.3) is 0 Å². The Labute approximate surface area is 156 Å². The molecule has 0 aliphatic heterocycles. The largest absolute Gasteiger partial charge is 0.348 e. The fourth-order valence-corrected chi connectivity index (χ4v) is 3.17. The van der Waals surface area contributed by atoms with Crippen LogP contribution in [0.4, 0.5) is 0 Å². The predicted octanol–water partition coefficient (Wildman–Crippen LogP) is 4.87. The highest BCUT2D eigenvalue weighted by Gasteiger charge is 2.28. The molecule has 2 amide bonds. The number of nitrogens with zero attached hydrogens (tertiary/aromatic N) is 2. The average Bonchev–Trinajstić information content (AvgIpc) is 2.57. The topological polar surface area (TPSA) is 40.6 Å². The van der Waals surface area contributed by atoms with E-state index in [0.717, 1.165) is 12.8 Å². The lowest BCUT2D eigenvalue weighted by Gasteiger charge is -2.22. The van der Waals surface area contributed by atoms with Crippen LogP contribution in [0.1, 0.15) is 90.4 Å². The van der Waals surface area contributed by atoms with Crippen LogP contribution in [0.5, 0.6) is 0 Å². The quantitative estimate of drug-likeness (QED) is 0.311. The minimum absolute atomic E-state index is 0.0678. The van der Waals surface area contributed by atoms with Crippen molar-refractivity contribution in [3.8, 4) is 0 Å². The van der Waals surface area contributed by atoms with E-state index in [4.69, 9.17) is 0 Å². The molecule has 0 unspecified atom stereocenters. The molecule has 0 radical (unpaired) electrons. The number of carbonyl (C=O) groups is 2. The van der Waals surface area contributed by atoms with Gasteiger partial charge in [0.25, 0.3) is 0 Å². The molecule has 0 atom stereocenters. The standard InChI is InChI=1S/C21H42N2O2/c1-6-7-8-9-10-11-12-13-14-15-16-17-18-19(20(24)22(2)3)21(25)23(4)5/h19H,6-18H2,1-5H3. The SMILES string of the molecule is CCCCCCCCCCCCCCC(C(=O)N(C)C)C(=O)N(C)C. The number of amides is 2. The van der Waals surface area contributed by atoms with Crippen LogP contribution in [0.3, 0.4) is 0 Å². The second kappa shape index (κ2) is 15.2. The lowest BCUT2D eigenvalue weighted by Crippen LogP contribution is -2.40. The van der Waals surface area contributed by atoms with Gasteiger partial charge in [0.05, 0.1) is 0 Å². The van der Waals surface area contributed by atoms with Crippen LogP contribution in [0, 0.1) is 5.92 Å². The van der Waals surface area contributed by atoms with Crippen molar-refractivity contribution in [2.24, 2.45) is 5.92 Å². The smallest absolute Gasteiger partial charge is 0.234 e. The van der Waals surface area contributed by atoms with E-state index in [1.807, 2.05) is 0 Å². The molecular weight excluding hydrogens is 312 g/mol. The van der Waals surface area contributed by atoms with Gasteiger partial charge in [-0.2, -0.15) is 0 Å². The minimum atomic E-state index is -0.506. The van der Waals surface area contributed by atoms with Crippen molar-refractivity contribution in [2.75, 3.05) is 28.2 Å². The van der Waals surface area contributed by atoms with Crippen molar-refractivity contribution < 1.29 is 9.59 Å². The maximum absolute atomic E-state index is 12.2. The highest BCUT2D eigenvalue weighted by atomic mass is 16.2. The first-order chi connectivity index (χ1) is 11.9. The monoisotopic (exact) mass is 354 g/mol. The number of rotatable bonds is 15. The zero-order valence-corrected chi connectivity index (χ0v) is 17.5. The molecule has 0 aromatic carbocycles. The van der Waals surface area contributed by atoms with Crippen LogP contribution >= 0.6 is 0 Å². The van der Waals surface area contributed by atoms with Crippen LogP contribution in [0.15, 0.2) is 0 Å². The summed E-state index contributed by atoms with van der Waals surface area (Å²) >= 11 is 0. The van der Waals surface area contributed by atoms with E-state index in [1.165, 1.54) is 74.0 Å². The lowest BCUT2D eigenvalue weighted by molar-refractivity contribution is -0.144. The molecule has 0 aromatic heterocycles. The fraction of sp³-hybridized carbons (Fsp3) is 0.905. The third-order valence-corrected chi connectivity index (χ3v) is 4.82. The molecule has 0 saturated heterocycles. The number of unbranched alkanes of at least 4 members (excludes halogenated alkanes) is 11. The molecule has 25 heavy (non-hydrogen) atoms. The maximum Gasteiger partial charge on any atom is 0.234 e. The first-order valence-corrected chi connectivity index (χ1v) is 10.3. The molecule has 0 heterocycles. The molecule has 4 heteroatoms. The molecular formula is C21H42N2O2. The van der Waals surface area contributed by atoms with Gasteiger partial charge >= 0.3 is 0 Å². The summed E-state index contributed by atoms with van der Waals surface area (Å²) in [6.07, 6.45) is 16.2. The summed E-state index contributed by atoms with van der Waals surface area (Å²) in [5.74, 6) is -0.642. The molecule has 0 bridgehead atoms. The number of carbonyl (C=O) groups excluding carboxylic acids is 2. The molecule has 0 rings (SSSR count). The summed E-state index contributed by atoms with van der Waals surface area (Å²) in [6.45, 7) is 2.26. The molecule has 148 valence electrons. The Bertz CT molecular complexity index is 334. The molecule has 0 aliphatic carbocycles. The third kappa shape index (κ3) is 12.0. The van der Waals surface area contributed by atoms with Crippen molar-refractivity contribution in [1.82, 2.24) is 9.80 Å². The summed E-state index contributed by atoms with van der Waals surface area (Å²) in [5, 5.41) is 0. The molecule has 0 fully saturated rings. The van der Waals surface area contributed by atoms with Crippen LogP contribution < -0.4 is 0 Å². The van der Waals surface area contributed by atoms with Gasteiger partial charge in [-0.1, -0.05) is 84.0 Å². The van der Waals surface area contributed by atoms with Crippen LogP contribution in [-0.4, -0.2) is 49.8 Å². The number of hydrogen-bond acceptors (Lipinski definition) is 2. The molecule has 0 aliphatic rings. The Morgan fingerprint density at radius 3 is 1.24 bits per heavy atom. The van der Waals surface area contributed by atoms with Crippen molar-refractivity contribution in [3.63, 3.8) is 0 Å². The Morgan fingerprint density at radius 1 is 0.600 bits per heavy atom. The van der Waals surface area contributed by atoms with E-state index in [0.29, 0.717) is 6.42 Å². The van der Waals surface area contributed by atoms with Crippen molar-refractivity contribution in [2.45, 2.75) is 90.4 Å². The van der Waals surface area contributed by atoms with E-state index in [9.17, 15) is 9.59 Å². The zero-order valence-electron chi connectivity index (χ0n) is 17.5. The second-order valence-corrected chi connectivity index (χ2v) is 7.70. The van der Waals surface area contributed by atoms with E-state index >= 15 is 0 Å². The van der Waals surface area contributed by atoms with Gasteiger partial charge in [0, 0.05) is 28.2 Å². The molecule has 0 spiro atoms. The Morgan fingerprint density at radius 2 is 0.920 bits per heavy atom. The average molecular weight is 355 g/mol. The normalized spacial score (nSPS) is 11.0. The van der Waals surface area contributed by atoms with E-state index in [-0.39, 0.29) is 11.8 Å². The first-order valence-electron chi connectivity index (χ1n) is 10.3. The summed E-state index contributed by atoms with van der Waals surface area (Å²) in [7, 11) is 6.89. The molecule has 0 saturated carbocycles. The molecule has 0 N–H and O–H groups in total. The van der Waals surface area contributed by atoms with E-state index in [1.54, 1.807) is 28.2 Å². The fourth-order valence-electron chi connectivity index (χ4n) is 3.17. The van der Waals surface area contributed by atoms with Gasteiger partial charge in [-0.3, -0.25) is 9.59 Å². The number of hydrogen-bond donors (Lipinski definition) is 0. The van der Waals surface area contributed by atoms with Gasteiger partial charge in [-0.05, 0) is 6.42 Å². The van der Waals surface area contributed by atoms with Gasteiger partial charge < -0.3 is 9.80 Å². The first kappa shape index (κ1) is 23.9. The third-order valence-electron chi connectivity index (χ3n) is 4.82.